The lowest BCUT2D eigenvalue weighted by atomic mass is 10.0. The van der Waals surface area contributed by atoms with E-state index >= 15 is 0 Å². The van der Waals surface area contributed by atoms with E-state index in [1.807, 2.05) is 18.2 Å². The van der Waals surface area contributed by atoms with Crippen molar-refractivity contribution in [1.82, 2.24) is 0 Å². The molecule has 0 bridgehead atoms. The van der Waals surface area contributed by atoms with Crippen LogP contribution in [0.15, 0.2) is 72.8 Å². The molecule has 3 rings (SSSR count). The van der Waals surface area contributed by atoms with Gasteiger partial charge in [-0.3, -0.25) is 9.59 Å². The Morgan fingerprint density at radius 2 is 1.68 bits per heavy atom. The second kappa shape index (κ2) is 10.8. The summed E-state index contributed by atoms with van der Waals surface area (Å²) in [6, 6.07) is 21.8. The third kappa shape index (κ3) is 6.43. The van der Waals surface area contributed by atoms with Crippen molar-refractivity contribution in [3.8, 4) is 5.75 Å². The molecule has 160 valence electrons. The van der Waals surface area contributed by atoms with Gasteiger partial charge in [0.15, 0.2) is 5.78 Å². The van der Waals surface area contributed by atoms with Crippen LogP contribution in [0, 0.1) is 0 Å². The van der Waals surface area contributed by atoms with E-state index in [1.54, 1.807) is 42.5 Å². The zero-order chi connectivity index (χ0) is 22.2. The highest BCUT2D eigenvalue weighted by molar-refractivity contribution is 6.31. The van der Waals surface area contributed by atoms with E-state index in [9.17, 15) is 9.59 Å². The van der Waals surface area contributed by atoms with Crippen LogP contribution < -0.4 is 10.1 Å². The van der Waals surface area contributed by atoms with E-state index in [4.69, 9.17) is 16.3 Å². The molecule has 0 aliphatic rings. The molecule has 0 atom stereocenters. The molecule has 3 aromatic carbocycles. The molecule has 0 saturated carbocycles. The van der Waals surface area contributed by atoms with Crippen LogP contribution in [0.3, 0.4) is 0 Å². The van der Waals surface area contributed by atoms with E-state index in [0.717, 1.165) is 5.75 Å². The summed E-state index contributed by atoms with van der Waals surface area (Å²) in [6.45, 7) is 4.73. The minimum Gasteiger partial charge on any atom is -0.494 e. The zero-order valence-corrected chi connectivity index (χ0v) is 18.5. The lowest BCUT2D eigenvalue weighted by Gasteiger charge is -2.12. The maximum Gasteiger partial charge on any atom is 0.224 e. The average molecular weight is 436 g/mol. The van der Waals surface area contributed by atoms with Crippen LogP contribution in [0.1, 0.15) is 54.1 Å². The summed E-state index contributed by atoms with van der Waals surface area (Å²) in [5.41, 5.74) is 2.62. The number of nitrogens with one attached hydrogen (secondary N) is 1. The van der Waals surface area contributed by atoms with Gasteiger partial charge < -0.3 is 10.1 Å². The second-order valence-corrected chi connectivity index (χ2v) is 8.05. The molecule has 0 saturated heterocycles. The van der Waals surface area contributed by atoms with E-state index in [1.165, 1.54) is 5.56 Å². The Bertz CT molecular complexity index is 1030. The third-order valence-electron chi connectivity index (χ3n) is 4.90. The van der Waals surface area contributed by atoms with E-state index < -0.39 is 0 Å². The van der Waals surface area contributed by atoms with Crippen molar-refractivity contribution in [2.75, 3.05) is 11.9 Å². The van der Waals surface area contributed by atoms with Crippen LogP contribution in [-0.2, 0) is 4.79 Å². The van der Waals surface area contributed by atoms with Crippen LogP contribution in [0.4, 0.5) is 5.69 Å². The van der Waals surface area contributed by atoms with Crippen molar-refractivity contribution in [3.05, 3.63) is 94.5 Å². The molecule has 0 fully saturated rings. The number of carbonyl (C=O) groups is 2. The van der Waals surface area contributed by atoms with Gasteiger partial charge in [0.25, 0.3) is 0 Å². The van der Waals surface area contributed by atoms with E-state index in [0.29, 0.717) is 40.8 Å². The Morgan fingerprint density at radius 1 is 0.968 bits per heavy atom. The molecule has 1 N–H and O–H groups in total. The SMILES string of the molecule is CC(C)c1ccc(OCCCC(=O)Nc2ccc(Cl)cc2C(=O)c2ccccc2)cc1. The number of hydrogen-bond donors (Lipinski definition) is 1. The molecule has 0 heterocycles. The Hall–Kier alpha value is -3.11. The highest BCUT2D eigenvalue weighted by Gasteiger charge is 2.16. The van der Waals surface area contributed by atoms with Crippen LogP contribution in [0.2, 0.25) is 5.02 Å². The van der Waals surface area contributed by atoms with Crippen molar-refractivity contribution in [2.45, 2.75) is 32.6 Å². The molecule has 4 nitrogen and oxygen atoms in total. The fourth-order valence-corrected chi connectivity index (χ4v) is 3.31. The maximum atomic E-state index is 12.9. The first kappa shape index (κ1) is 22.6. The number of rotatable bonds is 9. The summed E-state index contributed by atoms with van der Waals surface area (Å²) in [6.07, 6.45) is 0.846. The standard InChI is InChI=1S/C26H26ClNO3/c1-18(2)19-10-13-22(14-11-19)31-16-6-9-25(29)28-24-15-12-21(27)17-23(24)26(30)20-7-4-3-5-8-20/h3-5,7-8,10-15,17-18H,6,9,16H2,1-2H3,(H,28,29). The minimum atomic E-state index is -0.188. The molecule has 5 heteroatoms. The van der Waals surface area contributed by atoms with Crippen LogP contribution in [0.5, 0.6) is 5.75 Å². The number of halogens is 1. The van der Waals surface area contributed by atoms with Crippen molar-refractivity contribution in [1.29, 1.82) is 0 Å². The fourth-order valence-electron chi connectivity index (χ4n) is 3.14. The average Bonchev–Trinajstić information content (AvgIpc) is 2.78. The van der Waals surface area contributed by atoms with Gasteiger partial charge in [-0.15, -0.1) is 0 Å². The van der Waals surface area contributed by atoms with Crippen molar-refractivity contribution < 1.29 is 14.3 Å². The lowest BCUT2D eigenvalue weighted by molar-refractivity contribution is -0.116. The normalized spacial score (nSPS) is 10.7. The summed E-state index contributed by atoms with van der Waals surface area (Å²) in [4.78, 5) is 25.3. The van der Waals surface area contributed by atoms with E-state index in [2.05, 4.69) is 31.3 Å². The van der Waals surface area contributed by atoms with Gasteiger partial charge in [-0.1, -0.05) is 67.9 Å². The lowest BCUT2D eigenvalue weighted by Crippen LogP contribution is -2.16. The highest BCUT2D eigenvalue weighted by Crippen LogP contribution is 2.24. The van der Waals surface area contributed by atoms with E-state index in [-0.39, 0.29) is 18.1 Å². The minimum absolute atomic E-state index is 0.178. The van der Waals surface area contributed by atoms with Crippen LogP contribution in [0.25, 0.3) is 0 Å². The summed E-state index contributed by atoms with van der Waals surface area (Å²) >= 11 is 6.09. The molecule has 31 heavy (non-hydrogen) atoms. The summed E-state index contributed by atoms with van der Waals surface area (Å²) < 4.78 is 5.73. The molecule has 3 aromatic rings. The molecule has 1 amide bonds. The first-order valence-electron chi connectivity index (χ1n) is 10.4. The molecule has 0 aliphatic carbocycles. The number of benzene rings is 3. The monoisotopic (exact) mass is 435 g/mol. The number of carbonyl (C=O) groups excluding carboxylic acids is 2. The van der Waals surface area contributed by atoms with Gasteiger partial charge in [-0.25, -0.2) is 0 Å². The molecule has 0 aliphatic heterocycles. The molecule has 0 unspecified atom stereocenters. The van der Waals surface area contributed by atoms with Gasteiger partial charge in [-0.2, -0.15) is 0 Å². The first-order chi connectivity index (χ1) is 14.9. The van der Waals surface area contributed by atoms with Gasteiger partial charge in [0.1, 0.15) is 5.75 Å². The predicted molar refractivity (Wildman–Crippen MR) is 125 cm³/mol. The Labute approximate surface area is 188 Å². The van der Waals surface area contributed by atoms with Crippen LogP contribution in [-0.4, -0.2) is 18.3 Å². The van der Waals surface area contributed by atoms with Crippen LogP contribution >= 0.6 is 11.6 Å². The molecule has 0 radical (unpaired) electrons. The first-order valence-corrected chi connectivity index (χ1v) is 10.7. The number of anilines is 1. The molecule has 0 aromatic heterocycles. The van der Waals surface area contributed by atoms with Crippen molar-refractivity contribution in [3.63, 3.8) is 0 Å². The number of ether oxygens (including phenoxy) is 1. The van der Waals surface area contributed by atoms with Crippen molar-refractivity contribution >= 4 is 29.0 Å². The van der Waals surface area contributed by atoms with Gasteiger partial charge in [-0.05, 0) is 48.2 Å². The van der Waals surface area contributed by atoms with Gasteiger partial charge in [0.2, 0.25) is 5.91 Å². The molecular weight excluding hydrogens is 410 g/mol. The fraction of sp³-hybridized carbons (Fsp3) is 0.231. The molecule has 0 spiro atoms. The summed E-state index contributed by atoms with van der Waals surface area (Å²) in [5, 5.41) is 3.27. The topological polar surface area (TPSA) is 55.4 Å². The van der Waals surface area contributed by atoms with Crippen molar-refractivity contribution in [2.24, 2.45) is 0 Å². The Balaban J connectivity index is 1.55. The Kier molecular flexibility index (Phi) is 7.85. The van der Waals surface area contributed by atoms with Gasteiger partial charge in [0.05, 0.1) is 12.3 Å². The van der Waals surface area contributed by atoms with Gasteiger partial charge >= 0.3 is 0 Å². The highest BCUT2D eigenvalue weighted by atomic mass is 35.5. The molecular formula is C26H26ClNO3. The number of ketones is 1. The number of hydrogen-bond acceptors (Lipinski definition) is 3. The Morgan fingerprint density at radius 3 is 2.35 bits per heavy atom. The largest absolute Gasteiger partial charge is 0.494 e. The number of amides is 1. The second-order valence-electron chi connectivity index (χ2n) is 7.61. The maximum absolute atomic E-state index is 12.9. The summed E-state index contributed by atoms with van der Waals surface area (Å²) in [7, 11) is 0. The smallest absolute Gasteiger partial charge is 0.224 e. The van der Waals surface area contributed by atoms with Gasteiger partial charge in [0, 0.05) is 22.6 Å². The zero-order valence-electron chi connectivity index (χ0n) is 17.7. The summed E-state index contributed by atoms with van der Waals surface area (Å²) in [5.74, 6) is 0.900. The predicted octanol–water partition coefficient (Wildman–Crippen LogP) is 6.49. The third-order valence-corrected chi connectivity index (χ3v) is 5.14. The quantitative estimate of drug-likeness (QED) is 0.308.